The fourth-order valence-electron chi connectivity index (χ4n) is 4.45. The lowest BCUT2D eigenvalue weighted by Gasteiger charge is -2.33. The summed E-state index contributed by atoms with van der Waals surface area (Å²) in [6, 6.07) is 20.1. The van der Waals surface area contributed by atoms with Crippen molar-refractivity contribution in [3.8, 4) is 0 Å². The first-order chi connectivity index (χ1) is 16.1. The number of aromatic nitrogens is 2. The number of hydrogen-bond acceptors (Lipinski definition) is 5. The van der Waals surface area contributed by atoms with Crippen molar-refractivity contribution in [1.82, 2.24) is 20.2 Å². The summed E-state index contributed by atoms with van der Waals surface area (Å²) in [5, 5.41) is 5.05. The molecule has 2 aromatic carbocycles. The van der Waals surface area contributed by atoms with Crippen molar-refractivity contribution in [1.29, 1.82) is 0 Å². The third-order valence-electron chi connectivity index (χ3n) is 6.01. The van der Waals surface area contributed by atoms with Crippen LogP contribution < -0.4 is 5.32 Å². The van der Waals surface area contributed by atoms with Crippen LogP contribution in [-0.2, 0) is 11.3 Å². The molecule has 6 heteroatoms. The van der Waals surface area contributed by atoms with Gasteiger partial charge in [0.25, 0.3) is 5.91 Å². The molecule has 0 spiro atoms. The van der Waals surface area contributed by atoms with E-state index in [2.05, 4.69) is 33.4 Å². The van der Waals surface area contributed by atoms with E-state index in [1.54, 1.807) is 0 Å². The maximum atomic E-state index is 12.9. The SMILES string of the molecule is CC(C)NC(=O)c1cc([C@@H]2CN(Cc3ccnc4ccccc34)CCO2)nc2ccccc12. The number of pyridine rings is 2. The molecule has 0 saturated carbocycles. The molecule has 0 bridgehead atoms. The Balaban J connectivity index is 1.43. The molecule has 1 aliphatic heterocycles. The van der Waals surface area contributed by atoms with Gasteiger partial charge in [-0.3, -0.25) is 14.7 Å². The number of nitrogens with one attached hydrogen (secondary N) is 1. The van der Waals surface area contributed by atoms with Crippen LogP contribution in [0.15, 0.2) is 66.9 Å². The Bertz CT molecular complexity index is 1300. The van der Waals surface area contributed by atoms with Gasteiger partial charge in [-0.05, 0) is 43.7 Å². The van der Waals surface area contributed by atoms with E-state index in [0.717, 1.165) is 35.2 Å². The average molecular weight is 441 g/mol. The molecule has 2 aromatic heterocycles. The van der Waals surface area contributed by atoms with Gasteiger partial charge < -0.3 is 10.1 Å². The number of morpholine rings is 1. The first-order valence-electron chi connectivity index (χ1n) is 11.5. The topological polar surface area (TPSA) is 67.4 Å². The number of ether oxygens (including phenoxy) is 1. The zero-order valence-corrected chi connectivity index (χ0v) is 19.0. The maximum absolute atomic E-state index is 12.9. The van der Waals surface area contributed by atoms with Crippen LogP contribution in [0, 0.1) is 0 Å². The summed E-state index contributed by atoms with van der Waals surface area (Å²) in [6.45, 7) is 6.93. The lowest BCUT2D eigenvalue weighted by Crippen LogP contribution is -2.38. The molecular formula is C27H28N4O2. The molecule has 0 unspecified atom stereocenters. The smallest absolute Gasteiger partial charge is 0.252 e. The Kier molecular flexibility index (Phi) is 6.03. The molecule has 3 heterocycles. The van der Waals surface area contributed by atoms with Crippen molar-refractivity contribution < 1.29 is 9.53 Å². The molecule has 1 amide bonds. The minimum Gasteiger partial charge on any atom is -0.369 e. The Labute approximate surface area is 193 Å². The predicted molar refractivity (Wildman–Crippen MR) is 130 cm³/mol. The van der Waals surface area contributed by atoms with Gasteiger partial charge >= 0.3 is 0 Å². The largest absolute Gasteiger partial charge is 0.369 e. The molecule has 33 heavy (non-hydrogen) atoms. The summed E-state index contributed by atoms with van der Waals surface area (Å²) >= 11 is 0. The van der Waals surface area contributed by atoms with E-state index >= 15 is 0 Å². The molecule has 1 atom stereocenters. The molecule has 6 nitrogen and oxygen atoms in total. The van der Waals surface area contributed by atoms with E-state index in [9.17, 15) is 4.79 Å². The number of rotatable bonds is 5. The fourth-order valence-corrected chi connectivity index (χ4v) is 4.45. The third kappa shape index (κ3) is 4.58. The second-order valence-electron chi connectivity index (χ2n) is 8.82. The number of carbonyl (C=O) groups is 1. The van der Waals surface area contributed by atoms with Crippen molar-refractivity contribution in [2.75, 3.05) is 19.7 Å². The number of nitrogens with zero attached hydrogens (tertiary/aromatic N) is 3. The van der Waals surface area contributed by atoms with Crippen molar-refractivity contribution >= 4 is 27.7 Å². The zero-order chi connectivity index (χ0) is 22.8. The van der Waals surface area contributed by atoms with Crippen molar-refractivity contribution in [3.63, 3.8) is 0 Å². The van der Waals surface area contributed by atoms with E-state index in [-0.39, 0.29) is 18.1 Å². The van der Waals surface area contributed by atoms with Gasteiger partial charge in [0.2, 0.25) is 0 Å². The van der Waals surface area contributed by atoms with Crippen LogP contribution in [-0.4, -0.2) is 46.5 Å². The van der Waals surface area contributed by atoms with E-state index in [0.29, 0.717) is 18.7 Å². The molecule has 5 rings (SSSR count). The highest BCUT2D eigenvalue weighted by molar-refractivity contribution is 6.06. The highest BCUT2D eigenvalue weighted by Gasteiger charge is 2.25. The van der Waals surface area contributed by atoms with Gasteiger partial charge in [-0.2, -0.15) is 0 Å². The van der Waals surface area contributed by atoms with Gasteiger partial charge in [0.15, 0.2) is 0 Å². The van der Waals surface area contributed by atoms with E-state index in [1.807, 2.05) is 62.5 Å². The predicted octanol–water partition coefficient (Wildman–Crippen LogP) is 4.49. The molecule has 1 saturated heterocycles. The standard InChI is InChI=1S/C27H28N4O2/c1-18(2)29-27(32)22-15-25(30-24-10-6-4-8-21(22)24)26-17-31(13-14-33-26)16-19-11-12-28-23-9-5-3-7-20(19)23/h3-12,15,18,26H,13-14,16-17H2,1-2H3,(H,29,32)/t26-/m0/s1. The second-order valence-corrected chi connectivity index (χ2v) is 8.82. The number of carbonyl (C=O) groups excluding carboxylic acids is 1. The van der Waals surface area contributed by atoms with Gasteiger partial charge in [0.1, 0.15) is 6.10 Å². The van der Waals surface area contributed by atoms with Crippen LogP contribution in [0.2, 0.25) is 0 Å². The number of benzene rings is 2. The summed E-state index contributed by atoms with van der Waals surface area (Å²) in [7, 11) is 0. The molecule has 0 radical (unpaired) electrons. The first-order valence-corrected chi connectivity index (χ1v) is 11.5. The molecule has 1 aliphatic rings. The van der Waals surface area contributed by atoms with Crippen molar-refractivity contribution in [2.24, 2.45) is 0 Å². The van der Waals surface area contributed by atoms with Crippen LogP contribution in [0.25, 0.3) is 21.8 Å². The minimum atomic E-state index is -0.193. The Hall–Kier alpha value is -3.35. The van der Waals surface area contributed by atoms with E-state index < -0.39 is 0 Å². The van der Waals surface area contributed by atoms with Gasteiger partial charge in [0.05, 0.1) is 28.9 Å². The zero-order valence-electron chi connectivity index (χ0n) is 19.0. The van der Waals surface area contributed by atoms with Gasteiger partial charge in [-0.1, -0.05) is 36.4 Å². The van der Waals surface area contributed by atoms with Crippen LogP contribution >= 0.6 is 0 Å². The molecule has 168 valence electrons. The van der Waals surface area contributed by atoms with Gasteiger partial charge in [0, 0.05) is 42.6 Å². The van der Waals surface area contributed by atoms with Crippen molar-refractivity contribution in [2.45, 2.75) is 32.5 Å². The quantitative estimate of drug-likeness (QED) is 0.495. The molecule has 0 aliphatic carbocycles. The van der Waals surface area contributed by atoms with Crippen molar-refractivity contribution in [3.05, 3.63) is 83.7 Å². The second kappa shape index (κ2) is 9.25. The number of amides is 1. The van der Waals surface area contributed by atoms with Crippen LogP contribution in [0.3, 0.4) is 0 Å². The van der Waals surface area contributed by atoms with E-state index in [4.69, 9.17) is 9.72 Å². The Morgan fingerprint density at radius 1 is 1.09 bits per heavy atom. The highest BCUT2D eigenvalue weighted by atomic mass is 16.5. The molecule has 1 fully saturated rings. The highest BCUT2D eigenvalue weighted by Crippen LogP contribution is 2.27. The maximum Gasteiger partial charge on any atom is 0.252 e. The Morgan fingerprint density at radius 2 is 1.85 bits per heavy atom. The fraction of sp³-hybridized carbons (Fsp3) is 0.296. The lowest BCUT2D eigenvalue weighted by atomic mass is 10.0. The first kappa shape index (κ1) is 21.5. The summed E-state index contributed by atoms with van der Waals surface area (Å²) in [6.07, 6.45) is 1.68. The molecule has 1 N–H and O–H groups in total. The molecular weight excluding hydrogens is 412 g/mol. The lowest BCUT2D eigenvalue weighted by molar-refractivity contribution is -0.0347. The molecule has 4 aromatic rings. The van der Waals surface area contributed by atoms with Gasteiger partial charge in [-0.25, -0.2) is 4.98 Å². The average Bonchev–Trinajstić information content (AvgIpc) is 2.83. The van der Waals surface area contributed by atoms with Crippen LogP contribution in [0.5, 0.6) is 0 Å². The van der Waals surface area contributed by atoms with Crippen LogP contribution in [0.4, 0.5) is 0 Å². The third-order valence-corrected chi connectivity index (χ3v) is 6.01. The minimum absolute atomic E-state index is 0.0597. The normalized spacial score (nSPS) is 17.0. The Morgan fingerprint density at radius 3 is 2.67 bits per heavy atom. The van der Waals surface area contributed by atoms with Gasteiger partial charge in [-0.15, -0.1) is 0 Å². The number of hydrogen-bond donors (Lipinski definition) is 1. The summed E-state index contributed by atoms with van der Waals surface area (Å²) in [5.41, 5.74) is 4.52. The summed E-state index contributed by atoms with van der Waals surface area (Å²) < 4.78 is 6.14. The van der Waals surface area contributed by atoms with Crippen LogP contribution in [0.1, 0.15) is 41.6 Å². The number of para-hydroxylation sites is 2. The number of fused-ring (bicyclic) bond motifs is 2. The summed E-state index contributed by atoms with van der Waals surface area (Å²) in [4.78, 5) is 24.7. The monoisotopic (exact) mass is 440 g/mol. The van der Waals surface area contributed by atoms with E-state index in [1.165, 1.54) is 10.9 Å². The summed E-state index contributed by atoms with van der Waals surface area (Å²) in [5.74, 6) is -0.0826.